The minimum atomic E-state index is -0.000689. The monoisotopic (exact) mass is 221 g/mol. The van der Waals surface area contributed by atoms with Crippen LogP contribution >= 0.6 is 0 Å². The summed E-state index contributed by atoms with van der Waals surface area (Å²) in [5.74, 6) is 0.0835. The number of carbonyl (C=O) groups excluding carboxylic acids is 1. The summed E-state index contributed by atoms with van der Waals surface area (Å²) in [5, 5.41) is 2.84. The highest BCUT2D eigenvalue weighted by molar-refractivity contribution is 5.78. The third-order valence-corrected chi connectivity index (χ3v) is 2.44. The Morgan fingerprint density at radius 3 is 2.69 bits per heavy atom. The Morgan fingerprint density at radius 2 is 2.06 bits per heavy atom. The summed E-state index contributed by atoms with van der Waals surface area (Å²) in [6.07, 6.45) is 0.777. The first kappa shape index (κ1) is 12.7. The zero-order valence-electron chi connectivity index (χ0n) is 9.90. The standard InChI is InChI=1S/C13H19NO2/c1-11(13(15)14-8-9-16-2)10-12-6-4-3-5-7-12/h3-7,11H,8-10H2,1-2H3,(H,14,15)/t11-/m0/s1. The Balaban J connectivity index is 2.34. The van der Waals surface area contributed by atoms with Crippen molar-refractivity contribution in [3.05, 3.63) is 35.9 Å². The molecule has 0 aliphatic carbocycles. The van der Waals surface area contributed by atoms with Crippen molar-refractivity contribution in [1.82, 2.24) is 5.32 Å². The molecule has 1 aromatic carbocycles. The van der Waals surface area contributed by atoms with Crippen LogP contribution in [0.15, 0.2) is 30.3 Å². The van der Waals surface area contributed by atoms with Crippen molar-refractivity contribution in [3.63, 3.8) is 0 Å². The molecule has 1 amide bonds. The van der Waals surface area contributed by atoms with E-state index >= 15 is 0 Å². The minimum Gasteiger partial charge on any atom is -0.383 e. The SMILES string of the molecule is COCCNC(=O)[C@@H](C)Cc1ccccc1. The highest BCUT2D eigenvalue weighted by atomic mass is 16.5. The highest BCUT2D eigenvalue weighted by Crippen LogP contribution is 2.07. The minimum absolute atomic E-state index is 0.000689. The summed E-state index contributed by atoms with van der Waals surface area (Å²) in [4.78, 5) is 11.7. The molecule has 0 spiro atoms. The summed E-state index contributed by atoms with van der Waals surface area (Å²) in [6, 6.07) is 10.0. The maximum atomic E-state index is 11.7. The van der Waals surface area contributed by atoms with E-state index in [0.717, 1.165) is 6.42 Å². The molecular weight excluding hydrogens is 202 g/mol. The summed E-state index contributed by atoms with van der Waals surface area (Å²) < 4.78 is 4.88. The van der Waals surface area contributed by atoms with E-state index in [-0.39, 0.29) is 11.8 Å². The quantitative estimate of drug-likeness (QED) is 0.741. The Morgan fingerprint density at radius 1 is 1.38 bits per heavy atom. The van der Waals surface area contributed by atoms with Crippen LogP contribution in [-0.2, 0) is 16.0 Å². The molecule has 0 fully saturated rings. The normalized spacial score (nSPS) is 12.1. The lowest BCUT2D eigenvalue weighted by Gasteiger charge is -2.11. The molecule has 0 aromatic heterocycles. The second-order valence-electron chi connectivity index (χ2n) is 3.87. The Kier molecular flexibility index (Phi) is 5.57. The zero-order valence-corrected chi connectivity index (χ0v) is 9.90. The van der Waals surface area contributed by atoms with Gasteiger partial charge in [-0.05, 0) is 12.0 Å². The van der Waals surface area contributed by atoms with Gasteiger partial charge in [-0.3, -0.25) is 4.79 Å². The predicted octanol–water partition coefficient (Wildman–Crippen LogP) is 1.63. The van der Waals surface area contributed by atoms with E-state index in [1.165, 1.54) is 5.56 Å². The average Bonchev–Trinajstić information content (AvgIpc) is 2.30. The molecule has 1 atom stereocenters. The summed E-state index contributed by atoms with van der Waals surface area (Å²) in [6.45, 7) is 3.08. The van der Waals surface area contributed by atoms with E-state index in [1.54, 1.807) is 7.11 Å². The second kappa shape index (κ2) is 7.01. The first-order valence-corrected chi connectivity index (χ1v) is 5.54. The molecule has 3 heteroatoms. The number of amides is 1. The smallest absolute Gasteiger partial charge is 0.223 e. The van der Waals surface area contributed by atoms with Crippen molar-refractivity contribution in [2.45, 2.75) is 13.3 Å². The van der Waals surface area contributed by atoms with E-state index in [4.69, 9.17) is 4.74 Å². The Bertz CT molecular complexity index is 311. The van der Waals surface area contributed by atoms with Crippen LogP contribution in [0, 0.1) is 5.92 Å². The van der Waals surface area contributed by atoms with E-state index < -0.39 is 0 Å². The molecule has 0 unspecified atom stereocenters. The lowest BCUT2D eigenvalue weighted by atomic mass is 10.0. The van der Waals surface area contributed by atoms with Crippen molar-refractivity contribution >= 4 is 5.91 Å². The molecule has 0 saturated heterocycles. The highest BCUT2D eigenvalue weighted by Gasteiger charge is 2.12. The molecule has 0 aliphatic rings. The number of hydrogen-bond donors (Lipinski definition) is 1. The topological polar surface area (TPSA) is 38.3 Å². The van der Waals surface area contributed by atoms with E-state index in [9.17, 15) is 4.79 Å². The van der Waals surface area contributed by atoms with Gasteiger partial charge >= 0.3 is 0 Å². The first-order chi connectivity index (χ1) is 7.74. The number of carbonyl (C=O) groups is 1. The van der Waals surface area contributed by atoms with Gasteiger partial charge in [0.05, 0.1) is 6.61 Å². The fraction of sp³-hybridized carbons (Fsp3) is 0.462. The van der Waals surface area contributed by atoms with Gasteiger partial charge in [0.15, 0.2) is 0 Å². The van der Waals surface area contributed by atoms with Gasteiger partial charge in [0.25, 0.3) is 0 Å². The molecule has 88 valence electrons. The van der Waals surface area contributed by atoms with Crippen LogP contribution in [0.25, 0.3) is 0 Å². The molecule has 0 radical (unpaired) electrons. The number of ether oxygens (including phenoxy) is 1. The summed E-state index contributed by atoms with van der Waals surface area (Å²) in [5.41, 5.74) is 1.19. The van der Waals surface area contributed by atoms with Crippen molar-refractivity contribution in [3.8, 4) is 0 Å². The molecule has 0 saturated carbocycles. The van der Waals surface area contributed by atoms with Gasteiger partial charge in [0.1, 0.15) is 0 Å². The third kappa shape index (κ3) is 4.45. The van der Waals surface area contributed by atoms with E-state index in [1.807, 2.05) is 37.3 Å². The first-order valence-electron chi connectivity index (χ1n) is 5.54. The van der Waals surface area contributed by atoms with Gasteiger partial charge in [-0.1, -0.05) is 37.3 Å². The van der Waals surface area contributed by atoms with Crippen LogP contribution in [0.5, 0.6) is 0 Å². The van der Waals surface area contributed by atoms with Crippen LogP contribution in [0.4, 0.5) is 0 Å². The molecular formula is C13H19NO2. The van der Waals surface area contributed by atoms with E-state index in [0.29, 0.717) is 13.2 Å². The fourth-order valence-electron chi connectivity index (χ4n) is 1.51. The lowest BCUT2D eigenvalue weighted by molar-refractivity contribution is -0.124. The number of rotatable bonds is 6. The molecule has 0 aliphatic heterocycles. The van der Waals surface area contributed by atoms with Crippen LogP contribution in [0.1, 0.15) is 12.5 Å². The van der Waals surface area contributed by atoms with Crippen molar-refractivity contribution in [1.29, 1.82) is 0 Å². The predicted molar refractivity (Wildman–Crippen MR) is 64.2 cm³/mol. The molecule has 3 nitrogen and oxygen atoms in total. The van der Waals surface area contributed by atoms with Gasteiger partial charge < -0.3 is 10.1 Å². The fourth-order valence-corrected chi connectivity index (χ4v) is 1.51. The van der Waals surface area contributed by atoms with Crippen LogP contribution in [0.3, 0.4) is 0 Å². The maximum absolute atomic E-state index is 11.7. The summed E-state index contributed by atoms with van der Waals surface area (Å²) >= 11 is 0. The second-order valence-corrected chi connectivity index (χ2v) is 3.87. The molecule has 0 bridgehead atoms. The zero-order chi connectivity index (χ0) is 11.8. The number of benzene rings is 1. The molecule has 0 heterocycles. The Hall–Kier alpha value is -1.35. The molecule has 16 heavy (non-hydrogen) atoms. The van der Waals surface area contributed by atoms with Crippen LogP contribution in [0.2, 0.25) is 0 Å². The van der Waals surface area contributed by atoms with Gasteiger partial charge in [-0.15, -0.1) is 0 Å². The van der Waals surface area contributed by atoms with Gasteiger partial charge in [-0.25, -0.2) is 0 Å². The van der Waals surface area contributed by atoms with Crippen molar-refractivity contribution in [2.75, 3.05) is 20.3 Å². The summed E-state index contributed by atoms with van der Waals surface area (Å²) in [7, 11) is 1.62. The van der Waals surface area contributed by atoms with Crippen LogP contribution in [-0.4, -0.2) is 26.2 Å². The average molecular weight is 221 g/mol. The van der Waals surface area contributed by atoms with Crippen molar-refractivity contribution < 1.29 is 9.53 Å². The molecule has 1 aromatic rings. The number of nitrogens with one attached hydrogen (secondary N) is 1. The molecule has 1 rings (SSSR count). The van der Waals surface area contributed by atoms with Gasteiger partial charge in [0.2, 0.25) is 5.91 Å². The van der Waals surface area contributed by atoms with Gasteiger partial charge in [-0.2, -0.15) is 0 Å². The van der Waals surface area contributed by atoms with Crippen LogP contribution < -0.4 is 5.32 Å². The lowest BCUT2D eigenvalue weighted by Crippen LogP contribution is -2.32. The van der Waals surface area contributed by atoms with E-state index in [2.05, 4.69) is 5.32 Å². The maximum Gasteiger partial charge on any atom is 0.223 e. The number of hydrogen-bond acceptors (Lipinski definition) is 2. The number of methoxy groups -OCH3 is 1. The third-order valence-electron chi connectivity index (χ3n) is 2.44. The van der Waals surface area contributed by atoms with Gasteiger partial charge in [0, 0.05) is 19.6 Å². The molecule has 1 N–H and O–H groups in total. The Labute approximate surface area is 96.8 Å². The largest absolute Gasteiger partial charge is 0.383 e. The van der Waals surface area contributed by atoms with Crippen molar-refractivity contribution in [2.24, 2.45) is 5.92 Å².